The van der Waals surface area contributed by atoms with Crippen LogP contribution >= 0.6 is 0 Å². The third-order valence-corrected chi connectivity index (χ3v) is 6.38. The molecule has 0 spiro atoms. The molecular weight excluding hydrogens is 495 g/mol. The molecule has 0 radical (unpaired) electrons. The molecule has 0 N–H and O–H groups in total. The molecule has 0 saturated carbocycles. The van der Waals surface area contributed by atoms with Crippen LogP contribution in [0.25, 0.3) is 16.9 Å². The third kappa shape index (κ3) is 5.91. The van der Waals surface area contributed by atoms with Crippen LogP contribution in [0.2, 0.25) is 0 Å². The Kier molecular flexibility index (Phi) is 7.54. The Morgan fingerprint density at radius 1 is 0.846 bits per heavy atom. The first-order chi connectivity index (χ1) is 19.0. The van der Waals surface area contributed by atoms with Gasteiger partial charge in [0, 0.05) is 30.8 Å². The van der Waals surface area contributed by atoms with Crippen LogP contribution in [0.4, 0.5) is 10.1 Å². The molecule has 5 aromatic rings. The first-order valence-electron chi connectivity index (χ1n) is 12.5. The first kappa shape index (κ1) is 25.5. The number of nitro benzene ring substituents is 1. The van der Waals surface area contributed by atoms with Gasteiger partial charge < -0.3 is 4.90 Å². The predicted molar refractivity (Wildman–Crippen MR) is 147 cm³/mol. The number of non-ortho nitro benzene ring substituents is 1. The highest BCUT2D eigenvalue weighted by molar-refractivity contribution is 5.94. The van der Waals surface area contributed by atoms with E-state index in [0.29, 0.717) is 25.2 Å². The van der Waals surface area contributed by atoms with Crippen molar-refractivity contribution < 1.29 is 14.1 Å². The zero-order valence-electron chi connectivity index (χ0n) is 21.0. The van der Waals surface area contributed by atoms with Gasteiger partial charge in [0.25, 0.3) is 11.6 Å². The maximum absolute atomic E-state index is 14.7. The summed E-state index contributed by atoms with van der Waals surface area (Å²) in [5, 5.41) is 16.0. The molecule has 0 saturated heterocycles. The van der Waals surface area contributed by atoms with E-state index in [1.165, 1.54) is 28.9 Å². The summed E-state index contributed by atoms with van der Waals surface area (Å²) in [5.41, 5.74) is 2.90. The lowest BCUT2D eigenvalue weighted by atomic mass is 10.1. The number of benzene rings is 4. The van der Waals surface area contributed by atoms with E-state index >= 15 is 0 Å². The Labute approximate surface area is 224 Å². The zero-order chi connectivity index (χ0) is 27.2. The Morgan fingerprint density at radius 3 is 2.21 bits per heavy atom. The summed E-state index contributed by atoms with van der Waals surface area (Å²) in [6.07, 6.45) is 0.629. The molecule has 5 rings (SSSR count). The Morgan fingerprint density at radius 2 is 1.51 bits per heavy atom. The van der Waals surface area contributed by atoms with Gasteiger partial charge in [0.1, 0.15) is 11.5 Å². The summed E-state index contributed by atoms with van der Waals surface area (Å²) in [7, 11) is 0. The normalized spacial score (nSPS) is 10.8. The van der Waals surface area contributed by atoms with Crippen molar-refractivity contribution in [2.75, 3.05) is 6.54 Å². The molecule has 8 heteroatoms. The maximum atomic E-state index is 14.7. The second-order valence-corrected chi connectivity index (χ2v) is 9.03. The second kappa shape index (κ2) is 11.5. The summed E-state index contributed by atoms with van der Waals surface area (Å²) in [6, 6.07) is 33.1. The predicted octanol–water partition coefficient (Wildman–Crippen LogP) is 6.47. The number of nitro groups is 1. The minimum atomic E-state index is -0.506. The van der Waals surface area contributed by atoms with Gasteiger partial charge in [-0.1, -0.05) is 78.9 Å². The standard InChI is InChI=1S/C31H25FN4O3/c32-28-17-8-7-16-27(28)29-21-30(35(33-29)25-14-9-15-26(20-25)36(38)39)31(37)34(22-24-12-5-2-6-13-24)19-18-23-10-3-1-4-11-23/h1-17,20-21H,18-19,22H2. The number of nitrogens with zero attached hydrogens (tertiary/aromatic N) is 4. The van der Waals surface area contributed by atoms with E-state index in [0.717, 1.165) is 11.1 Å². The minimum absolute atomic E-state index is 0.140. The van der Waals surface area contributed by atoms with E-state index in [-0.39, 0.29) is 28.5 Å². The molecule has 1 aromatic heterocycles. The first-order valence-corrected chi connectivity index (χ1v) is 12.5. The van der Waals surface area contributed by atoms with Crippen LogP contribution in [0, 0.1) is 15.9 Å². The molecule has 1 heterocycles. The number of amides is 1. The van der Waals surface area contributed by atoms with Crippen LogP contribution in [-0.4, -0.2) is 32.1 Å². The van der Waals surface area contributed by atoms with Gasteiger partial charge in [-0.05, 0) is 41.8 Å². The summed E-state index contributed by atoms with van der Waals surface area (Å²) < 4.78 is 16.1. The van der Waals surface area contributed by atoms with Crippen LogP contribution in [-0.2, 0) is 13.0 Å². The molecule has 0 aliphatic rings. The number of aromatic nitrogens is 2. The lowest BCUT2D eigenvalue weighted by Crippen LogP contribution is -2.34. The van der Waals surface area contributed by atoms with Crippen molar-refractivity contribution in [3.63, 3.8) is 0 Å². The van der Waals surface area contributed by atoms with Crippen molar-refractivity contribution in [3.8, 4) is 16.9 Å². The fraction of sp³-hybridized carbons (Fsp3) is 0.0968. The summed E-state index contributed by atoms with van der Waals surface area (Å²) >= 11 is 0. The lowest BCUT2D eigenvalue weighted by Gasteiger charge is -2.23. The molecule has 0 fully saturated rings. The summed E-state index contributed by atoms with van der Waals surface area (Å²) in [5.74, 6) is -0.804. The fourth-order valence-electron chi connectivity index (χ4n) is 4.40. The highest BCUT2D eigenvalue weighted by atomic mass is 19.1. The highest BCUT2D eigenvalue weighted by Crippen LogP contribution is 2.27. The largest absolute Gasteiger partial charge is 0.333 e. The summed E-state index contributed by atoms with van der Waals surface area (Å²) in [6.45, 7) is 0.772. The molecule has 0 aliphatic carbocycles. The smallest absolute Gasteiger partial charge is 0.272 e. The van der Waals surface area contributed by atoms with Gasteiger partial charge in [-0.15, -0.1) is 0 Å². The van der Waals surface area contributed by atoms with Crippen molar-refractivity contribution in [1.29, 1.82) is 0 Å². The van der Waals surface area contributed by atoms with Crippen LogP contribution in [0.3, 0.4) is 0 Å². The molecule has 194 valence electrons. The van der Waals surface area contributed by atoms with Crippen molar-refractivity contribution >= 4 is 11.6 Å². The topological polar surface area (TPSA) is 81.3 Å². The molecule has 7 nitrogen and oxygen atoms in total. The maximum Gasteiger partial charge on any atom is 0.272 e. The van der Waals surface area contributed by atoms with Gasteiger partial charge in [0.05, 0.1) is 16.3 Å². The minimum Gasteiger partial charge on any atom is -0.333 e. The molecule has 4 aromatic carbocycles. The highest BCUT2D eigenvalue weighted by Gasteiger charge is 2.25. The SMILES string of the molecule is O=C(c1cc(-c2ccccc2F)nn1-c1cccc([N+](=O)[O-])c1)N(CCc1ccccc1)Cc1ccccc1. The number of hydrogen-bond donors (Lipinski definition) is 0. The van der Waals surface area contributed by atoms with Gasteiger partial charge in [0.2, 0.25) is 0 Å². The van der Waals surface area contributed by atoms with Crippen LogP contribution in [0.1, 0.15) is 21.6 Å². The van der Waals surface area contributed by atoms with Gasteiger partial charge >= 0.3 is 0 Å². The van der Waals surface area contributed by atoms with E-state index in [9.17, 15) is 19.3 Å². The molecule has 0 atom stereocenters. The zero-order valence-corrected chi connectivity index (χ0v) is 21.0. The van der Waals surface area contributed by atoms with E-state index in [1.807, 2.05) is 60.7 Å². The van der Waals surface area contributed by atoms with Gasteiger partial charge in [0.15, 0.2) is 0 Å². The third-order valence-electron chi connectivity index (χ3n) is 6.38. The number of rotatable bonds is 9. The van der Waals surface area contributed by atoms with Gasteiger partial charge in [-0.3, -0.25) is 14.9 Å². The van der Waals surface area contributed by atoms with Crippen molar-refractivity contribution in [1.82, 2.24) is 14.7 Å². The van der Waals surface area contributed by atoms with Gasteiger partial charge in [-0.2, -0.15) is 5.10 Å². The van der Waals surface area contributed by atoms with E-state index < -0.39 is 10.7 Å². The second-order valence-electron chi connectivity index (χ2n) is 9.03. The fourth-order valence-corrected chi connectivity index (χ4v) is 4.40. The number of carbonyl (C=O) groups is 1. The van der Waals surface area contributed by atoms with Gasteiger partial charge in [-0.25, -0.2) is 9.07 Å². The lowest BCUT2D eigenvalue weighted by molar-refractivity contribution is -0.384. The number of halogens is 1. The van der Waals surface area contributed by atoms with Crippen molar-refractivity contribution in [3.05, 3.63) is 148 Å². The Bertz CT molecular complexity index is 1600. The molecular formula is C31H25FN4O3. The van der Waals surface area contributed by atoms with E-state index in [1.54, 1.807) is 35.2 Å². The number of carbonyl (C=O) groups excluding carboxylic acids is 1. The summed E-state index contributed by atoms with van der Waals surface area (Å²) in [4.78, 5) is 26.8. The van der Waals surface area contributed by atoms with E-state index in [2.05, 4.69) is 5.10 Å². The van der Waals surface area contributed by atoms with Crippen LogP contribution < -0.4 is 0 Å². The quantitative estimate of drug-likeness (QED) is 0.165. The average molecular weight is 521 g/mol. The molecule has 39 heavy (non-hydrogen) atoms. The monoisotopic (exact) mass is 520 g/mol. The molecule has 1 amide bonds. The van der Waals surface area contributed by atoms with Crippen LogP contribution in [0.15, 0.2) is 115 Å². The Balaban J connectivity index is 1.58. The van der Waals surface area contributed by atoms with Crippen LogP contribution in [0.5, 0.6) is 0 Å². The molecule has 0 unspecified atom stereocenters. The molecule has 0 aliphatic heterocycles. The number of hydrogen-bond acceptors (Lipinski definition) is 4. The van der Waals surface area contributed by atoms with E-state index in [4.69, 9.17) is 0 Å². The Hall–Kier alpha value is -5.11. The molecule has 0 bridgehead atoms. The van der Waals surface area contributed by atoms with Crippen molar-refractivity contribution in [2.45, 2.75) is 13.0 Å². The average Bonchev–Trinajstić information content (AvgIpc) is 3.41. The van der Waals surface area contributed by atoms with Crippen molar-refractivity contribution in [2.24, 2.45) is 0 Å².